The van der Waals surface area contributed by atoms with Crippen LogP contribution in [0.15, 0.2) is 24.3 Å². The average molecular weight is 347 g/mol. The lowest BCUT2D eigenvalue weighted by atomic mass is 9.99. The van der Waals surface area contributed by atoms with Gasteiger partial charge < -0.3 is 14.8 Å². The normalized spacial score (nSPS) is 12.4. The summed E-state index contributed by atoms with van der Waals surface area (Å²) >= 11 is 0. The van der Waals surface area contributed by atoms with Gasteiger partial charge in [-0.2, -0.15) is 0 Å². The van der Waals surface area contributed by atoms with Crippen LogP contribution in [0.25, 0.3) is 6.08 Å². The number of benzene rings is 1. The van der Waals surface area contributed by atoms with Crippen molar-refractivity contribution in [2.24, 2.45) is 5.92 Å². The lowest BCUT2D eigenvalue weighted by molar-refractivity contribution is -0.116. The van der Waals surface area contributed by atoms with Crippen LogP contribution < -0.4 is 14.8 Å². The first-order valence-corrected chi connectivity index (χ1v) is 9.30. The molecule has 1 aromatic carbocycles. The number of hydrogen-bond acceptors (Lipinski definition) is 3. The maximum Gasteiger partial charge on any atom is 0.244 e. The first kappa shape index (κ1) is 21.1. The van der Waals surface area contributed by atoms with E-state index in [0.29, 0.717) is 17.4 Å². The first-order chi connectivity index (χ1) is 12.0. The number of amides is 1. The zero-order chi connectivity index (χ0) is 18.7. The molecule has 0 fully saturated rings. The van der Waals surface area contributed by atoms with E-state index in [0.717, 1.165) is 18.5 Å². The Bertz CT molecular complexity index is 552. The number of carbonyl (C=O) groups is 1. The summed E-state index contributed by atoms with van der Waals surface area (Å²) in [7, 11) is 1.61. The zero-order valence-corrected chi connectivity index (χ0v) is 16.3. The van der Waals surface area contributed by atoms with Crippen LogP contribution in [0.4, 0.5) is 0 Å². The lowest BCUT2D eigenvalue weighted by Gasteiger charge is -2.14. The Hall–Kier alpha value is -1.97. The molecule has 25 heavy (non-hydrogen) atoms. The zero-order valence-electron chi connectivity index (χ0n) is 16.3. The predicted molar refractivity (Wildman–Crippen MR) is 104 cm³/mol. The highest BCUT2D eigenvalue weighted by Crippen LogP contribution is 2.29. The second-order valence-corrected chi connectivity index (χ2v) is 6.57. The maximum atomic E-state index is 12.0. The molecule has 4 heteroatoms. The molecule has 0 saturated heterocycles. The van der Waals surface area contributed by atoms with Crippen LogP contribution in [-0.2, 0) is 4.79 Å². The van der Waals surface area contributed by atoms with Gasteiger partial charge in [-0.1, -0.05) is 39.2 Å². The Kier molecular flexibility index (Phi) is 9.75. The third-order valence-electron chi connectivity index (χ3n) is 4.09. The molecule has 4 nitrogen and oxygen atoms in total. The molecular weight excluding hydrogens is 314 g/mol. The molecule has 1 rings (SSSR count). The molecule has 0 radical (unpaired) electrons. The first-order valence-electron chi connectivity index (χ1n) is 9.30. The lowest BCUT2D eigenvalue weighted by Crippen LogP contribution is -2.27. The molecule has 1 N–H and O–H groups in total. The fourth-order valence-corrected chi connectivity index (χ4v) is 2.56. The minimum atomic E-state index is -0.0589. The van der Waals surface area contributed by atoms with Crippen LogP contribution in [0.5, 0.6) is 11.5 Å². The average Bonchev–Trinajstić information content (AvgIpc) is 2.60. The summed E-state index contributed by atoms with van der Waals surface area (Å²) in [5.74, 6) is 1.88. The SMILES string of the molecule is CCCCC(CC)CNC(=O)/C=C/c1ccc(OC(C)C)c(OC)c1. The van der Waals surface area contributed by atoms with Crippen molar-refractivity contribution < 1.29 is 14.3 Å². The van der Waals surface area contributed by atoms with E-state index in [1.165, 1.54) is 19.3 Å². The van der Waals surface area contributed by atoms with Crippen LogP contribution in [0.3, 0.4) is 0 Å². The van der Waals surface area contributed by atoms with Gasteiger partial charge in [0.2, 0.25) is 5.91 Å². The second-order valence-electron chi connectivity index (χ2n) is 6.57. The van der Waals surface area contributed by atoms with Gasteiger partial charge in [-0.25, -0.2) is 0 Å². The van der Waals surface area contributed by atoms with Crippen LogP contribution in [0.2, 0.25) is 0 Å². The number of nitrogens with one attached hydrogen (secondary N) is 1. The third kappa shape index (κ3) is 8.10. The monoisotopic (exact) mass is 347 g/mol. The highest BCUT2D eigenvalue weighted by molar-refractivity contribution is 5.91. The molecule has 0 spiro atoms. The number of carbonyl (C=O) groups excluding carboxylic acids is 1. The summed E-state index contributed by atoms with van der Waals surface area (Å²) < 4.78 is 11.1. The number of ether oxygens (including phenoxy) is 2. The topological polar surface area (TPSA) is 47.6 Å². The summed E-state index contributed by atoms with van der Waals surface area (Å²) in [6, 6.07) is 5.66. The Labute approximate surface area is 152 Å². The van der Waals surface area contributed by atoms with E-state index in [4.69, 9.17) is 9.47 Å². The van der Waals surface area contributed by atoms with Gasteiger partial charge in [0, 0.05) is 12.6 Å². The van der Waals surface area contributed by atoms with Crippen molar-refractivity contribution in [2.75, 3.05) is 13.7 Å². The van der Waals surface area contributed by atoms with E-state index in [2.05, 4.69) is 19.2 Å². The number of unbranched alkanes of at least 4 members (excludes halogenated alkanes) is 1. The molecule has 1 atom stereocenters. The van der Waals surface area contributed by atoms with Gasteiger partial charge in [0.1, 0.15) is 0 Å². The van der Waals surface area contributed by atoms with Gasteiger partial charge in [-0.15, -0.1) is 0 Å². The molecule has 1 aromatic rings. The Morgan fingerprint density at radius 1 is 1.24 bits per heavy atom. The molecule has 0 aliphatic rings. The summed E-state index contributed by atoms with van der Waals surface area (Å²) in [5.41, 5.74) is 0.904. The smallest absolute Gasteiger partial charge is 0.244 e. The Balaban J connectivity index is 2.60. The van der Waals surface area contributed by atoms with Crippen LogP contribution in [-0.4, -0.2) is 25.7 Å². The molecule has 0 aliphatic heterocycles. The predicted octanol–water partition coefficient (Wildman–Crippen LogP) is 4.83. The maximum absolute atomic E-state index is 12.0. The van der Waals surface area contributed by atoms with Gasteiger partial charge in [0.25, 0.3) is 0 Å². The highest BCUT2D eigenvalue weighted by atomic mass is 16.5. The van der Waals surface area contributed by atoms with Gasteiger partial charge in [0.15, 0.2) is 11.5 Å². The third-order valence-corrected chi connectivity index (χ3v) is 4.09. The van der Waals surface area contributed by atoms with Gasteiger partial charge >= 0.3 is 0 Å². The minimum Gasteiger partial charge on any atom is -0.493 e. The fraction of sp³-hybridized carbons (Fsp3) is 0.571. The van der Waals surface area contributed by atoms with Crippen LogP contribution in [0.1, 0.15) is 58.9 Å². The highest BCUT2D eigenvalue weighted by Gasteiger charge is 2.08. The molecule has 1 unspecified atom stereocenters. The van der Waals surface area contributed by atoms with Crippen molar-refractivity contribution in [1.29, 1.82) is 0 Å². The number of hydrogen-bond donors (Lipinski definition) is 1. The number of rotatable bonds is 11. The van der Waals surface area contributed by atoms with Crippen molar-refractivity contribution in [3.05, 3.63) is 29.8 Å². The molecule has 140 valence electrons. The van der Waals surface area contributed by atoms with E-state index >= 15 is 0 Å². The van der Waals surface area contributed by atoms with Gasteiger partial charge in [-0.3, -0.25) is 4.79 Å². The minimum absolute atomic E-state index is 0.0589. The van der Waals surface area contributed by atoms with Gasteiger partial charge in [-0.05, 0) is 50.0 Å². The fourth-order valence-electron chi connectivity index (χ4n) is 2.56. The standard InChI is InChI=1S/C21H33NO3/c1-6-8-9-17(7-2)15-22-21(23)13-11-18-10-12-19(25-16(3)4)20(14-18)24-5/h10-14,16-17H,6-9,15H2,1-5H3,(H,22,23)/b13-11+. The molecule has 0 aliphatic carbocycles. The van der Waals surface area contributed by atoms with E-state index in [-0.39, 0.29) is 12.0 Å². The van der Waals surface area contributed by atoms with Crippen molar-refractivity contribution in [3.8, 4) is 11.5 Å². The van der Waals surface area contributed by atoms with Crippen LogP contribution >= 0.6 is 0 Å². The molecule has 0 aromatic heterocycles. The van der Waals surface area contributed by atoms with Crippen LogP contribution in [0, 0.1) is 5.92 Å². The summed E-state index contributed by atoms with van der Waals surface area (Å²) in [6.45, 7) is 9.06. The quantitative estimate of drug-likeness (QED) is 0.583. The molecule has 1 amide bonds. The van der Waals surface area contributed by atoms with E-state index < -0.39 is 0 Å². The molecule has 0 bridgehead atoms. The molecule has 0 saturated carbocycles. The molecule has 0 heterocycles. The van der Waals surface area contributed by atoms with Crippen molar-refractivity contribution in [3.63, 3.8) is 0 Å². The second kappa shape index (κ2) is 11.6. The summed E-state index contributed by atoms with van der Waals surface area (Å²) in [5, 5.41) is 3.00. The van der Waals surface area contributed by atoms with E-state index in [1.807, 2.05) is 32.0 Å². The van der Waals surface area contributed by atoms with Crippen molar-refractivity contribution in [2.45, 2.75) is 59.5 Å². The van der Waals surface area contributed by atoms with Crippen molar-refractivity contribution in [1.82, 2.24) is 5.32 Å². The Morgan fingerprint density at radius 3 is 2.60 bits per heavy atom. The largest absolute Gasteiger partial charge is 0.493 e. The molecular formula is C21H33NO3. The Morgan fingerprint density at radius 2 is 2.00 bits per heavy atom. The van der Waals surface area contributed by atoms with E-state index in [9.17, 15) is 4.79 Å². The summed E-state index contributed by atoms with van der Waals surface area (Å²) in [6.07, 6.45) is 8.14. The van der Waals surface area contributed by atoms with Gasteiger partial charge in [0.05, 0.1) is 13.2 Å². The van der Waals surface area contributed by atoms with Crippen molar-refractivity contribution >= 4 is 12.0 Å². The number of methoxy groups -OCH3 is 1. The van der Waals surface area contributed by atoms with E-state index in [1.54, 1.807) is 19.3 Å². The summed E-state index contributed by atoms with van der Waals surface area (Å²) in [4.78, 5) is 12.0.